The van der Waals surface area contributed by atoms with Crippen molar-refractivity contribution in [2.24, 2.45) is 0 Å². The highest BCUT2D eigenvalue weighted by Gasteiger charge is 2.39. The fourth-order valence-electron chi connectivity index (χ4n) is 22.4. The van der Waals surface area contributed by atoms with Gasteiger partial charge in [-0.05, 0) is 290 Å². The Labute approximate surface area is 812 Å². The summed E-state index contributed by atoms with van der Waals surface area (Å²) in [6.07, 6.45) is 0. The first-order valence-electron chi connectivity index (χ1n) is 48.2. The molecule has 2 aliphatic carbocycles. The van der Waals surface area contributed by atoms with E-state index in [0.717, 1.165) is 157 Å². The standard InChI is InChI=1S/C72H55N3.C60H39N3O2/c1-71(2)65-29-17-14-26-59(65)61-40-37-55(46-67(61)71)73(52-22-10-6-11-23-52)57-42-51(43-58(45-57)74(53-24-12-7-13-25-53)56-38-41-62-60-27-15-18-30-66(60)72(3,4)68(62)47-56)50-34-39-64-63-28-16-19-31-69(63)75(70(64)44-50)54-35-32-49(33-36-54)48-20-8-5-9-21-48;1-4-16-42(17-5-1)61(45-29-32-59-53(38-45)50-23-11-14-26-57(50)64-59)47-34-41(40-28-31-56-52(36-40)49-22-10-13-25-55(49)63(56)44-20-8-3-9-21-44)35-48(37-47)62(43-18-6-2-7-19-43)46-30-33-60-54(39-46)51-24-12-15-27-58(51)65-60/h5-47H,1-4H3;1-39H. The number of aromatic nitrogens is 2. The molecule has 140 heavy (non-hydrogen) atoms. The van der Waals surface area contributed by atoms with E-state index in [1.807, 2.05) is 24.3 Å². The van der Waals surface area contributed by atoms with Crippen molar-refractivity contribution < 1.29 is 8.83 Å². The number of hydrogen-bond donors (Lipinski definition) is 0. The lowest BCUT2D eigenvalue weighted by Crippen LogP contribution is -2.17. The summed E-state index contributed by atoms with van der Waals surface area (Å²) in [5.41, 5.74) is 40.3. The zero-order chi connectivity index (χ0) is 93.3. The van der Waals surface area contributed by atoms with E-state index in [2.05, 4.69) is 530 Å². The highest BCUT2D eigenvalue weighted by Crippen LogP contribution is 2.56. The van der Waals surface area contributed by atoms with Crippen molar-refractivity contribution in [2.75, 3.05) is 19.6 Å². The smallest absolute Gasteiger partial charge is 0.135 e. The van der Waals surface area contributed by atoms with Crippen molar-refractivity contribution in [3.63, 3.8) is 0 Å². The summed E-state index contributed by atoms with van der Waals surface area (Å²) in [4.78, 5) is 9.65. The highest BCUT2D eigenvalue weighted by molar-refractivity contribution is 6.14. The van der Waals surface area contributed by atoms with Gasteiger partial charge in [0.15, 0.2) is 0 Å². The lowest BCUT2D eigenvalue weighted by molar-refractivity contribution is 0.660. The number of furan rings is 2. The van der Waals surface area contributed by atoms with Crippen LogP contribution in [-0.4, -0.2) is 9.13 Å². The minimum atomic E-state index is -0.169. The Morgan fingerprint density at radius 1 is 0.164 bits per heavy atom. The number of para-hydroxylation sites is 9. The first-order valence-corrected chi connectivity index (χ1v) is 48.2. The molecule has 664 valence electrons. The molecule has 0 amide bonds. The third-order valence-electron chi connectivity index (χ3n) is 29.0. The van der Waals surface area contributed by atoms with Crippen LogP contribution in [0.4, 0.5) is 68.2 Å². The van der Waals surface area contributed by atoms with Crippen LogP contribution in [0.15, 0.2) is 506 Å². The molecule has 2 aliphatic rings. The minimum Gasteiger partial charge on any atom is -0.456 e. The molecule has 27 rings (SSSR count). The number of anilines is 12. The molecule has 0 saturated carbocycles. The molecule has 0 atom stereocenters. The maximum Gasteiger partial charge on any atom is 0.135 e. The Hall–Kier alpha value is -18.0. The Bertz CT molecular complexity index is 8790. The van der Waals surface area contributed by atoms with E-state index >= 15 is 0 Å². The normalized spacial score (nSPS) is 12.7. The van der Waals surface area contributed by atoms with Gasteiger partial charge in [0, 0.05) is 134 Å². The predicted octanol–water partition coefficient (Wildman–Crippen LogP) is 36.9. The van der Waals surface area contributed by atoms with Gasteiger partial charge < -0.3 is 37.6 Å². The number of hydrogen-bond acceptors (Lipinski definition) is 6. The third kappa shape index (κ3) is 14.0. The number of fused-ring (bicyclic) bond motifs is 18. The molecular weight excluding hydrogens is 1700 g/mol. The van der Waals surface area contributed by atoms with Crippen molar-refractivity contribution >= 4 is 156 Å². The molecule has 4 aromatic heterocycles. The largest absolute Gasteiger partial charge is 0.456 e. The Morgan fingerprint density at radius 3 is 0.943 bits per heavy atom. The molecule has 0 bridgehead atoms. The summed E-state index contributed by atoms with van der Waals surface area (Å²) < 4.78 is 17.5. The Morgan fingerprint density at radius 2 is 0.479 bits per heavy atom. The van der Waals surface area contributed by atoms with Gasteiger partial charge in [0.2, 0.25) is 0 Å². The van der Waals surface area contributed by atoms with Crippen LogP contribution in [0.1, 0.15) is 49.9 Å². The molecule has 0 saturated heterocycles. The lowest BCUT2D eigenvalue weighted by Gasteiger charge is -2.32. The Balaban J connectivity index is 0.000000145. The molecule has 21 aromatic carbocycles. The van der Waals surface area contributed by atoms with Crippen LogP contribution in [0.5, 0.6) is 0 Å². The maximum atomic E-state index is 6.34. The second-order valence-corrected chi connectivity index (χ2v) is 37.9. The van der Waals surface area contributed by atoms with Crippen molar-refractivity contribution in [3.8, 4) is 67.0 Å². The molecule has 4 heterocycles. The minimum absolute atomic E-state index is 0.169. The summed E-state index contributed by atoms with van der Waals surface area (Å²) >= 11 is 0. The van der Waals surface area contributed by atoms with Crippen LogP contribution in [0.2, 0.25) is 0 Å². The van der Waals surface area contributed by atoms with Gasteiger partial charge in [-0.3, -0.25) is 0 Å². The predicted molar refractivity (Wildman–Crippen MR) is 586 cm³/mol. The van der Waals surface area contributed by atoms with E-state index in [9.17, 15) is 0 Å². The second-order valence-electron chi connectivity index (χ2n) is 37.9. The molecule has 0 aliphatic heterocycles. The molecule has 0 unspecified atom stereocenters. The van der Waals surface area contributed by atoms with E-state index in [1.54, 1.807) is 0 Å². The van der Waals surface area contributed by atoms with Gasteiger partial charge in [0.25, 0.3) is 0 Å². The zero-order valence-electron chi connectivity index (χ0n) is 77.8. The highest BCUT2D eigenvalue weighted by atomic mass is 16.3. The fraction of sp³-hybridized carbons (Fsp3) is 0.0455. The van der Waals surface area contributed by atoms with Crippen molar-refractivity contribution in [1.82, 2.24) is 9.13 Å². The molecule has 0 spiro atoms. The average Bonchev–Trinajstić information content (AvgIpc) is 1.57. The van der Waals surface area contributed by atoms with Crippen LogP contribution in [0.3, 0.4) is 0 Å². The lowest BCUT2D eigenvalue weighted by atomic mass is 9.82. The third-order valence-corrected chi connectivity index (χ3v) is 29.0. The average molecular weight is 1800 g/mol. The molecule has 0 fully saturated rings. The quantitative estimate of drug-likeness (QED) is 0.0905. The van der Waals surface area contributed by atoms with Crippen molar-refractivity contribution in [2.45, 2.75) is 38.5 Å². The van der Waals surface area contributed by atoms with Gasteiger partial charge in [-0.2, -0.15) is 0 Å². The van der Waals surface area contributed by atoms with E-state index < -0.39 is 0 Å². The number of nitrogens with zero attached hydrogens (tertiary/aromatic N) is 6. The van der Waals surface area contributed by atoms with Gasteiger partial charge in [0.1, 0.15) is 22.3 Å². The van der Waals surface area contributed by atoms with E-state index in [-0.39, 0.29) is 10.8 Å². The Kier molecular flexibility index (Phi) is 19.8. The van der Waals surface area contributed by atoms with E-state index in [4.69, 9.17) is 8.83 Å². The van der Waals surface area contributed by atoms with Crippen molar-refractivity contribution in [1.29, 1.82) is 0 Å². The van der Waals surface area contributed by atoms with Crippen LogP contribution in [-0.2, 0) is 10.8 Å². The van der Waals surface area contributed by atoms with E-state index in [1.165, 1.54) is 88.2 Å². The molecule has 0 N–H and O–H groups in total. The topological polar surface area (TPSA) is 49.1 Å². The van der Waals surface area contributed by atoms with E-state index in [0.29, 0.717) is 0 Å². The SMILES string of the molecule is CC1(C)c2ccccc2-c2ccc(N(c3ccccc3)c3cc(-c4ccc5c6ccccc6n(-c6ccc(-c7ccccc7)cc6)c5c4)cc(N(c4ccccc4)c4ccc5c(c4)C(C)(C)c4ccccc4-5)c3)cc21.c1ccc(N(c2cc(-c3ccc4c(c3)c3ccccc3n4-c3ccccc3)cc(N(c3ccccc3)c3ccc4oc5ccccc5c4c3)c2)c2ccc3oc4ccccc4c3c2)cc1. The summed E-state index contributed by atoms with van der Waals surface area (Å²) in [7, 11) is 0. The molecule has 8 heteroatoms. The monoisotopic (exact) mass is 1790 g/mol. The van der Waals surface area contributed by atoms with Gasteiger partial charge in [-0.25, -0.2) is 0 Å². The second kappa shape index (κ2) is 33.5. The maximum absolute atomic E-state index is 6.34. The van der Waals surface area contributed by atoms with Gasteiger partial charge in [0.05, 0.1) is 22.1 Å². The van der Waals surface area contributed by atoms with Crippen LogP contribution in [0, 0.1) is 0 Å². The summed E-state index contributed by atoms with van der Waals surface area (Å²) in [5, 5.41) is 9.18. The number of benzene rings is 21. The van der Waals surface area contributed by atoms with Gasteiger partial charge in [-0.1, -0.05) is 313 Å². The van der Waals surface area contributed by atoms with Crippen molar-refractivity contribution in [3.05, 3.63) is 520 Å². The first kappa shape index (κ1) is 82.7. The van der Waals surface area contributed by atoms with Gasteiger partial charge in [-0.15, -0.1) is 0 Å². The molecule has 8 nitrogen and oxygen atoms in total. The summed E-state index contributed by atoms with van der Waals surface area (Å²) in [5.74, 6) is 0. The zero-order valence-corrected chi connectivity index (χ0v) is 77.8. The number of rotatable bonds is 17. The van der Waals surface area contributed by atoms with Crippen LogP contribution < -0.4 is 19.6 Å². The fourth-order valence-corrected chi connectivity index (χ4v) is 22.4. The van der Waals surface area contributed by atoms with Gasteiger partial charge >= 0.3 is 0 Å². The van der Waals surface area contributed by atoms with Crippen LogP contribution >= 0.6 is 0 Å². The van der Waals surface area contributed by atoms with Crippen LogP contribution in [0.25, 0.3) is 154 Å². The molecular formula is C132H94N6O2. The molecule has 25 aromatic rings. The summed E-state index contributed by atoms with van der Waals surface area (Å²) in [6, 6.07) is 181. The first-order chi connectivity index (χ1) is 68.9. The summed E-state index contributed by atoms with van der Waals surface area (Å²) in [6.45, 7) is 9.48. The molecule has 0 radical (unpaired) electrons.